The Morgan fingerprint density at radius 2 is 1.59 bits per heavy atom. The van der Waals surface area contributed by atoms with Crippen molar-refractivity contribution in [3.8, 4) is 11.1 Å². The molecule has 1 aliphatic rings. The molecular weight excluding hydrogens is 257 g/mol. The monoisotopic (exact) mass is 263 g/mol. The van der Waals surface area contributed by atoms with Crippen LogP contribution >= 0.6 is 23.2 Å². The Hall–Kier alpha value is -1.51. The number of nitrogens with two attached hydrogens (primary N) is 1. The number of anilines is 1. The van der Waals surface area contributed by atoms with E-state index < -0.39 is 0 Å². The van der Waals surface area contributed by atoms with Crippen molar-refractivity contribution in [1.29, 1.82) is 0 Å². The van der Waals surface area contributed by atoms with Crippen LogP contribution in [0.3, 0.4) is 0 Å². The summed E-state index contributed by atoms with van der Waals surface area (Å²) < 4.78 is 0. The van der Waals surface area contributed by atoms with E-state index in [0.29, 0.717) is 26.9 Å². The highest BCUT2D eigenvalue weighted by Gasteiger charge is 2.27. The maximum Gasteiger partial charge on any atom is 0.194 e. The van der Waals surface area contributed by atoms with Crippen molar-refractivity contribution in [2.75, 3.05) is 5.73 Å². The number of fused-ring (bicyclic) bond motifs is 3. The van der Waals surface area contributed by atoms with Crippen molar-refractivity contribution in [2.45, 2.75) is 0 Å². The molecule has 2 N–H and O–H groups in total. The van der Waals surface area contributed by atoms with Crippen LogP contribution < -0.4 is 5.73 Å². The van der Waals surface area contributed by atoms with Crippen molar-refractivity contribution in [1.82, 2.24) is 0 Å². The Labute approximate surface area is 108 Å². The lowest BCUT2D eigenvalue weighted by atomic mass is 10.1. The number of nitrogen functional groups attached to an aromatic ring is 1. The zero-order chi connectivity index (χ0) is 12.2. The van der Waals surface area contributed by atoms with E-state index in [1.165, 1.54) is 0 Å². The maximum absolute atomic E-state index is 12.1. The number of carbonyl (C=O) groups is 1. The first kappa shape index (κ1) is 10.6. The third kappa shape index (κ3) is 1.45. The molecule has 0 radical (unpaired) electrons. The number of benzene rings is 2. The molecule has 0 saturated heterocycles. The second kappa shape index (κ2) is 3.49. The van der Waals surface area contributed by atoms with E-state index in [9.17, 15) is 4.79 Å². The first-order valence-electron chi connectivity index (χ1n) is 5.01. The summed E-state index contributed by atoms with van der Waals surface area (Å²) >= 11 is 11.9. The summed E-state index contributed by atoms with van der Waals surface area (Å²) in [5.41, 5.74) is 8.97. The first-order valence-corrected chi connectivity index (χ1v) is 5.77. The van der Waals surface area contributed by atoms with E-state index in [0.717, 1.165) is 11.1 Å². The Morgan fingerprint density at radius 3 is 2.35 bits per heavy atom. The molecule has 2 nitrogen and oxygen atoms in total. The van der Waals surface area contributed by atoms with Gasteiger partial charge in [0.25, 0.3) is 0 Å². The SMILES string of the molecule is Nc1cc2c(cc1Cl)-c1cc(Cl)ccc1C2=O. The molecule has 0 atom stereocenters. The molecule has 0 heterocycles. The van der Waals surface area contributed by atoms with E-state index in [-0.39, 0.29) is 5.78 Å². The fourth-order valence-electron chi connectivity index (χ4n) is 2.08. The highest BCUT2D eigenvalue weighted by Crippen LogP contribution is 2.41. The zero-order valence-corrected chi connectivity index (χ0v) is 10.1. The van der Waals surface area contributed by atoms with Crippen LogP contribution in [0.25, 0.3) is 11.1 Å². The number of ketones is 1. The standard InChI is InChI=1S/C13H7Cl2NO/c14-6-1-2-7-8(3-6)9-4-11(15)12(16)5-10(9)13(7)17/h1-5H,16H2. The van der Waals surface area contributed by atoms with Crippen LogP contribution in [-0.2, 0) is 0 Å². The fraction of sp³-hybridized carbons (Fsp3) is 0. The number of rotatable bonds is 0. The molecule has 0 spiro atoms. The minimum absolute atomic E-state index is 0.0324. The van der Waals surface area contributed by atoms with Gasteiger partial charge in [0.15, 0.2) is 5.78 Å². The zero-order valence-electron chi connectivity index (χ0n) is 8.63. The van der Waals surface area contributed by atoms with E-state index in [2.05, 4.69) is 0 Å². The summed E-state index contributed by atoms with van der Waals surface area (Å²) in [6.45, 7) is 0. The molecule has 0 aromatic heterocycles. The molecule has 1 aliphatic carbocycles. The van der Waals surface area contributed by atoms with Crippen molar-refractivity contribution in [2.24, 2.45) is 0 Å². The van der Waals surface area contributed by atoms with Gasteiger partial charge in [-0.25, -0.2) is 0 Å². The van der Waals surface area contributed by atoms with Gasteiger partial charge >= 0.3 is 0 Å². The quantitative estimate of drug-likeness (QED) is 0.628. The third-order valence-electron chi connectivity index (χ3n) is 2.90. The summed E-state index contributed by atoms with van der Waals surface area (Å²) in [5, 5.41) is 1.04. The van der Waals surface area contributed by atoms with Crippen LogP contribution in [0.4, 0.5) is 5.69 Å². The molecule has 0 saturated carbocycles. The van der Waals surface area contributed by atoms with Crippen molar-refractivity contribution >= 4 is 34.7 Å². The highest BCUT2D eigenvalue weighted by atomic mass is 35.5. The van der Waals surface area contributed by atoms with E-state index in [1.54, 1.807) is 30.3 Å². The minimum Gasteiger partial charge on any atom is -0.398 e. The molecule has 0 amide bonds. The van der Waals surface area contributed by atoms with Gasteiger partial charge in [-0.1, -0.05) is 23.2 Å². The Kier molecular flexibility index (Phi) is 2.18. The van der Waals surface area contributed by atoms with Crippen LogP contribution in [-0.4, -0.2) is 5.78 Å². The molecule has 84 valence electrons. The summed E-state index contributed by atoms with van der Waals surface area (Å²) in [6, 6.07) is 8.53. The van der Waals surface area contributed by atoms with Crippen LogP contribution in [0, 0.1) is 0 Å². The lowest BCUT2D eigenvalue weighted by Gasteiger charge is -2.03. The van der Waals surface area contributed by atoms with Crippen molar-refractivity contribution in [3.63, 3.8) is 0 Å². The average molecular weight is 264 g/mol. The second-order valence-corrected chi connectivity index (χ2v) is 4.78. The minimum atomic E-state index is -0.0324. The predicted octanol–water partition coefficient (Wildman–Crippen LogP) is 3.79. The third-order valence-corrected chi connectivity index (χ3v) is 3.46. The van der Waals surface area contributed by atoms with Crippen LogP contribution in [0.5, 0.6) is 0 Å². The Bertz CT molecular complexity index is 665. The Morgan fingerprint density at radius 1 is 0.882 bits per heavy atom. The van der Waals surface area contributed by atoms with Gasteiger partial charge in [0.05, 0.1) is 10.7 Å². The number of carbonyl (C=O) groups excluding carboxylic acids is 1. The lowest BCUT2D eigenvalue weighted by molar-refractivity contribution is 0.104. The van der Waals surface area contributed by atoms with Gasteiger partial charge in [0, 0.05) is 16.1 Å². The normalized spacial score (nSPS) is 12.5. The predicted molar refractivity (Wildman–Crippen MR) is 69.7 cm³/mol. The van der Waals surface area contributed by atoms with Gasteiger partial charge < -0.3 is 5.73 Å². The smallest absolute Gasteiger partial charge is 0.194 e. The first-order chi connectivity index (χ1) is 8.08. The largest absolute Gasteiger partial charge is 0.398 e. The van der Waals surface area contributed by atoms with Gasteiger partial charge in [-0.15, -0.1) is 0 Å². The van der Waals surface area contributed by atoms with Gasteiger partial charge in [-0.05, 0) is 41.5 Å². The summed E-state index contributed by atoms with van der Waals surface area (Å²) in [4.78, 5) is 12.1. The van der Waals surface area contributed by atoms with E-state index in [1.807, 2.05) is 0 Å². The van der Waals surface area contributed by atoms with E-state index in [4.69, 9.17) is 28.9 Å². The molecule has 2 aromatic carbocycles. The van der Waals surface area contributed by atoms with Gasteiger partial charge in [0.2, 0.25) is 0 Å². The molecule has 2 aromatic rings. The number of hydrogen-bond acceptors (Lipinski definition) is 2. The summed E-state index contributed by atoms with van der Waals surface area (Å²) in [6.07, 6.45) is 0. The number of halogens is 2. The molecule has 0 unspecified atom stereocenters. The summed E-state index contributed by atoms with van der Waals surface area (Å²) in [5.74, 6) is -0.0324. The summed E-state index contributed by atoms with van der Waals surface area (Å²) in [7, 11) is 0. The molecule has 0 fully saturated rings. The van der Waals surface area contributed by atoms with Gasteiger partial charge in [-0.2, -0.15) is 0 Å². The van der Waals surface area contributed by atoms with Crippen LogP contribution in [0.15, 0.2) is 30.3 Å². The topological polar surface area (TPSA) is 43.1 Å². The van der Waals surface area contributed by atoms with Crippen molar-refractivity contribution < 1.29 is 4.79 Å². The van der Waals surface area contributed by atoms with Crippen molar-refractivity contribution in [3.05, 3.63) is 51.5 Å². The number of hydrogen-bond donors (Lipinski definition) is 1. The van der Waals surface area contributed by atoms with E-state index >= 15 is 0 Å². The highest BCUT2D eigenvalue weighted by molar-refractivity contribution is 6.35. The molecule has 0 bridgehead atoms. The molecule has 0 aliphatic heterocycles. The molecule has 4 heteroatoms. The Balaban J connectivity index is 2.37. The fourth-order valence-corrected chi connectivity index (χ4v) is 2.42. The average Bonchev–Trinajstić information content (AvgIpc) is 2.54. The van der Waals surface area contributed by atoms with Crippen LogP contribution in [0.1, 0.15) is 15.9 Å². The molecule has 3 rings (SSSR count). The molecular formula is C13H7Cl2NO. The van der Waals surface area contributed by atoms with Crippen LogP contribution in [0.2, 0.25) is 10.0 Å². The van der Waals surface area contributed by atoms with Gasteiger partial charge in [-0.3, -0.25) is 4.79 Å². The second-order valence-electron chi connectivity index (χ2n) is 3.94. The molecule has 17 heavy (non-hydrogen) atoms. The maximum atomic E-state index is 12.1. The lowest BCUT2D eigenvalue weighted by Crippen LogP contribution is -1.96. The van der Waals surface area contributed by atoms with Gasteiger partial charge in [0.1, 0.15) is 0 Å².